The molecule has 154 valence electrons. The van der Waals surface area contributed by atoms with Crippen molar-refractivity contribution < 1.29 is 18.8 Å². The first-order chi connectivity index (χ1) is 14.4. The summed E-state index contributed by atoms with van der Waals surface area (Å²) in [7, 11) is 0. The molecule has 0 radical (unpaired) electrons. The van der Waals surface area contributed by atoms with Crippen LogP contribution in [0, 0.1) is 20.8 Å². The summed E-state index contributed by atoms with van der Waals surface area (Å²) in [4.78, 5) is 25.7. The summed E-state index contributed by atoms with van der Waals surface area (Å²) in [6.07, 6.45) is 0. The zero-order valence-corrected chi connectivity index (χ0v) is 17.6. The molecule has 3 heterocycles. The smallest absolute Gasteiger partial charge is 0.348 e. The van der Waals surface area contributed by atoms with E-state index in [9.17, 15) is 9.59 Å². The molecule has 0 spiro atoms. The topological polar surface area (TPSA) is 99.2 Å². The lowest BCUT2D eigenvalue weighted by molar-refractivity contribution is -0.119. The van der Waals surface area contributed by atoms with Crippen LogP contribution in [0.5, 0.6) is 0 Å². The summed E-state index contributed by atoms with van der Waals surface area (Å²) in [6.45, 7) is 5.87. The zero-order valence-electron chi connectivity index (χ0n) is 16.8. The average Bonchev–Trinajstić information content (AvgIpc) is 3.40. The Morgan fingerprint density at radius 2 is 1.93 bits per heavy atom. The minimum atomic E-state index is -0.552. The molecule has 0 aliphatic carbocycles. The lowest BCUT2D eigenvalue weighted by atomic mass is 10.1. The van der Waals surface area contributed by atoms with Gasteiger partial charge in [0.05, 0.1) is 12.2 Å². The van der Waals surface area contributed by atoms with Crippen molar-refractivity contribution in [3.05, 3.63) is 63.9 Å². The third-order valence-electron chi connectivity index (χ3n) is 4.49. The number of carbonyl (C=O) groups is 2. The highest BCUT2D eigenvalue weighted by molar-refractivity contribution is 7.20. The average molecular weight is 424 g/mol. The quantitative estimate of drug-likeness (QED) is 0.472. The second kappa shape index (κ2) is 8.11. The van der Waals surface area contributed by atoms with E-state index in [2.05, 4.69) is 39.8 Å². The number of aromatic nitrogens is 3. The summed E-state index contributed by atoms with van der Waals surface area (Å²) in [5.74, 6) is -0.187. The molecule has 0 unspecified atom stereocenters. The van der Waals surface area contributed by atoms with Gasteiger partial charge in [-0.2, -0.15) is 5.10 Å². The van der Waals surface area contributed by atoms with E-state index in [0.717, 1.165) is 21.5 Å². The minimum absolute atomic E-state index is 0.280. The Hall–Kier alpha value is -3.46. The zero-order chi connectivity index (χ0) is 21.3. The monoisotopic (exact) mass is 424 g/mol. The standard InChI is InChI=1S/C21H20N4O4S/c1-12-4-6-15(7-5-12)10-25-20-16(14(3)23-25)9-17(30-20)21(27)28-11-19(26)22-18-8-13(2)29-24-18/h4-9H,10-11H2,1-3H3,(H,22,24,26). The lowest BCUT2D eigenvalue weighted by Crippen LogP contribution is -2.20. The van der Waals surface area contributed by atoms with E-state index in [4.69, 9.17) is 9.26 Å². The van der Waals surface area contributed by atoms with Gasteiger partial charge < -0.3 is 14.6 Å². The molecule has 0 bridgehead atoms. The molecule has 0 atom stereocenters. The van der Waals surface area contributed by atoms with Gasteiger partial charge in [-0.05, 0) is 32.4 Å². The van der Waals surface area contributed by atoms with E-state index in [1.165, 1.54) is 16.9 Å². The Kier molecular flexibility index (Phi) is 5.37. The molecule has 1 aromatic carbocycles. The van der Waals surface area contributed by atoms with Crippen LogP contribution in [0.2, 0.25) is 0 Å². The van der Waals surface area contributed by atoms with Gasteiger partial charge in [-0.3, -0.25) is 9.48 Å². The predicted molar refractivity (Wildman–Crippen MR) is 113 cm³/mol. The van der Waals surface area contributed by atoms with Crippen LogP contribution >= 0.6 is 11.3 Å². The van der Waals surface area contributed by atoms with E-state index in [1.807, 2.05) is 18.5 Å². The SMILES string of the molecule is Cc1ccc(Cn2nc(C)c3cc(C(=O)OCC(=O)Nc4cc(C)on4)sc32)cc1. The van der Waals surface area contributed by atoms with Gasteiger partial charge in [-0.1, -0.05) is 35.0 Å². The van der Waals surface area contributed by atoms with Gasteiger partial charge >= 0.3 is 5.97 Å². The fourth-order valence-corrected chi connectivity index (χ4v) is 4.05. The van der Waals surface area contributed by atoms with E-state index < -0.39 is 18.5 Å². The van der Waals surface area contributed by atoms with Crippen LogP contribution in [-0.4, -0.2) is 33.4 Å². The first-order valence-electron chi connectivity index (χ1n) is 9.32. The van der Waals surface area contributed by atoms with E-state index in [0.29, 0.717) is 17.2 Å². The molecular weight excluding hydrogens is 404 g/mol. The fraction of sp³-hybridized carbons (Fsp3) is 0.238. The van der Waals surface area contributed by atoms with Crippen molar-refractivity contribution in [1.29, 1.82) is 0 Å². The van der Waals surface area contributed by atoms with Gasteiger partial charge in [-0.25, -0.2) is 4.79 Å². The van der Waals surface area contributed by atoms with Crippen LogP contribution in [-0.2, 0) is 16.1 Å². The van der Waals surface area contributed by atoms with Crippen LogP contribution < -0.4 is 5.32 Å². The molecule has 9 heteroatoms. The molecule has 0 aliphatic rings. The van der Waals surface area contributed by atoms with E-state index >= 15 is 0 Å². The van der Waals surface area contributed by atoms with Crippen molar-refractivity contribution in [3.8, 4) is 0 Å². The molecule has 30 heavy (non-hydrogen) atoms. The molecule has 3 aromatic heterocycles. The highest BCUT2D eigenvalue weighted by Crippen LogP contribution is 2.29. The molecule has 1 amide bonds. The van der Waals surface area contributed by atoms with E-state index in [-0.39, 0.29) is 5.82 Å². The third-order valence-corrected chi connectivity index (χ3v) is 5.62. The first-order valence-corrected chi connectivity index (χ1v) is 10.1. The Bertz CT molecular complexity index is 1220. The third kappa shape index (κ3) is 4.25. The van der Waals surface area contributed by atoms with Crippen LogP contribution in [0.15, 0.2) is 40.9 Å². The number of thiophene rings is 1. The first kappa shape index (κ1) is 19.8. The Labute approximate surface area is 176 Å². The predicted octanol–water partition coefficient (Wildman–Crippen LogP) is 3.85. The summed E-state index contributed by atoms with van der Waals surface area (Å²) in [5, 5.41) is 11.7. The number of hydrogen-bond donors (Lipinski definition) is 1. The Morgan fingerprint density at radius 3 is 2.63 bits per heavy atom. The molecule has 1 N–H and O–H groups in total. The molecular formula is C21H20N4O4S. The summed E-state index contributed by atoms with van der Waals surface area (Å²) in [5.41, 5.74) is 3.17. The molecule has 0 saturated carbocycles. The van der Waals surface area contributed by atoms with Gasteiger partial charge in [0.1, 0.15) is 15.5 Å². The number of benzene rings is 1. The second-order valence-electron chi connectivity index (χ2n) is 7.01. The van der Waals surface area contributed by atoms with Gasteiger partial charge in [0.25, 0.3) is 5.91 Å². The lowest BCUT2D eigenvalue weighted by Gasteiger charge is -2.04. The number of ether oxygens (including phenoxy) is 1. The number of anilines is 1. The molecule has 0 fully saturated rings. The maximum absolute atomic E-state index is 12.4. The van der Waals surface area contributed by atoms with Crippen molar-refractivity contribution in [2.75, 3.05) is 11.9 Å². The maximum atomic E-state index is 12.4. The van der Waals surface area contributed by atoms with Crippen molar-refractivity contribution in [1.82, 2.24) is 14.9 Å². The number of nitrogens with zero attached hydrogens (tertiary/aromatic N) is 3. The van der Waals surface area contributed by atoms with Crippen molar-refractivity contribution >= 4 is 39.2 Å². The van der Waals surface area contributed by atoms with E-state index in [1.54, 1.807) is 19.1 Å². The van der Waals surface area contributed by atoms with Crippen molar-refractivity contribution in [3.63, 3.8) is 0 Å². The Balaban J connectivity index is 1.44. The maximum Gasteiger partial charge on any atom is 0.348 e. The Morgan fingerprint density at radius 1 is 1.17 bits per heavy atom. The van der Waals surface area contributed by atoms with Crippen LogP contribution in [0.25, 0.3) is 10.2 Å². The van der Waals surface area contributed by atoms with Crippen LogP contribution in [0.1, 0.15) is 32.3 Å². The largest absolute Gasteiger partial charge is 0.451 e. The van der Waals surface area contributed by atoms with Crippen LogP contribution in [0.3, 0.4) is 0 Å². The number of hydrogen-bond acceptors (Lipinski definition) is 7. The number of carbonyl (C=O) groups excluding carboxylic acids is 2. The highest BCUT2D eigenvalue weighted by Gasteiger charge is 2.18. The van der Waals surface area contributed by atoms with Gasteiger partial charge in [0.15, 0.2) is 12.4 Å². The minimum Gasteiger partial charge on any atom is -0.451 e. The van der Waals surface area contributed by atoms with Gasteiger partial charge in [-0.15, -0.1) is 11.3 Å². The van der Waals surface area contributed by atoms with Crippen molar-refractivity contribution in [2.24, 2.45) is 0 Å². The number of fused-ring (bicyclic) bond motifs is 1. The number of rotatable bonds is 6. The molecule has 0 saturated heterocycles. The molecule has 4 aromatic rings. The normalized spacial score (nSPS) is 11.0. The fourth-order valence-electron chi connectivity index (χ4n) is 2.99. The highest BCUT2D eigenvalue weighted by atomic mass is 32.1. The number of amides is 1. The molecule has 8 nitrogen and oxygen atoms in total. The number of esters is 1. The molecule has 4 rings (SSSR count). The summed E-state index contributed by atoms with van der Waals surface area (Å²) < 4.78 is 11.9. The summed E-state index contributed by atoms with van der Waals surface area (Å²) >= 11 is 1.30. The number of aryl methyl sites for hydroxylation is 3. The van der Waals surface area contributed by atoms with Crippen molar-refractivity contribution in [2.45, 2.75) is 27.3 Å². The van der Waals surface area contributed by atoms with Gasteiger partial charge in [0, 0.05) is 11.5 Å². The van der Waals surface area contributed by atoms with Crippen LogP contribution in [0.4, 0.5) is 5.82 Å². The van der Waals surface area contributed by atoms with Gasteiger partial charge in [0.2, 0.25) is 0 Å². The molecule has 0 aliphatic heterocycles. The number of nitrogens with one attached hydrogen (secondary N) is 1. The second-order valence-corrected chi connectivity index (χ2v) is 8.04. The summed E-state index contributed by atoms with van der Waals surface area (Å²) in [6, 6.07) is 11.6.